The molecule has 2 aromatic heterocycles. The fourth-order valence-electron chi connectivity index (χ4n) is 2.69. The van der Waals surface area contributed by atoms with Gasteiger partial charge in [-0.3, -0.25) is 15.6 Å². The van der Waals surface area contributed by atoms with E-state index in [0.29, 0.717) is 11.5 Å². The molecule has 0 aliphatic carbocycles. The summed E-state index contributed by atoms with van der Waals surface area (Å²) in [6.45, 7) is 2.02. The quantitative estimate of drug-likeness (QED) is 0.529. The normalized spacial score (nSPS) is 10.7. The monoisotopic (exact) mass is 360 g/mol. The van der Waals surface area contributed by atoms with E-state index in [2.05, 4.69) is 20.8 Å². The number of carbonyl (C=O) groups is 1. The van der Waals surface area contributed by atoms with Crippen LogP contribution in [0.3, 0.4) is 0 Å². The molecule has 5 nitrogen and oxygen atoms in total. The van der Waals surface area contributed by atoms with Gasteiger partial charge < -0.3 is 0 Å². The molecular weight excluding hydrogens is 344 g/mol. The van der Waals surface area contributed by atoms with Gasteiger partial charge in [0.25, 0.3) is 5.91 Å². The smallest absolute Gasteiger partial charge is 0.267 e. The first kappa shape index (κ1) is 16.2. The number of thiophene rings is 1. The number of carbonyl (C=O) groups excluding carboxylic acids is 1. The number of nitrogens with zero attached hydrogens (tertiary/aromatic N) is 2. The van der Waals surface area contributed by atoms with Crippen molar-refractivity contribution < 1.29 is 4.79 Å². The zero-order chi connectivity index (χ0) is 17.9. The van der Waals surface area contributed by atoms with Gasteiger partial charge in [-0.05, 0) is 30.0 Å². The highest BCUT2D eigenvalue weighted by Crippen LogP contribution is 2.27. The lowest BCUT2D eigenvalue weighted by Crippen LogP contribution is -2.30. The summed E-state index contributed by atoms with van der Waals surface area (Å²) in [5.41, 5.74) is 9.85. The number of hydrogen-bond acceptors (Lipinski definition) is 5. The Morgan fingerprint density at radius 2 is 1.88 bits per heavy atom. The fourth-order valence-corrected chi connectivity index (χ4v) is 3.33. The predicted octanol–water partition coefficient (Wildman–Crippen LogP) is 4.42. The second kappa shape index (κ2) is 6.93. The lowest BCUT2D eigenvalue weighted by Gasteiger charge is -2.11. The molecule has 128 valence electrons. The van der Waals surface area contributed by atoms with Gasteiger partial charge in [0.15, 0.2) is 0 Å². The maximum atomic E-state index is 12.1. The Hall–Kier alpha value is -3.25. The number of nitrogens with one attached hydrogen (secondary N) is 2. The molecular formula is C20H16N4OS. The molecule has 2 aromatic carbocycles. The molecule has 4 aromatic rings. The minimum Gasteiger partial charge on any atom is -0.267 e. The van der Waals surface area contributed by atoms with Crippen LogP contribution in [0.4, 0.5) is 5.95 Å². The van der Waals surface area contributed by atoms with E-state index in [1.54, 1.807) is 11.4 Å². The fraction of sp³-hybridized carbons (Fsp3) is 0.0500. The summed E-state index contributed by atoms with van der Waals surface area (Å²) < 4.78 is 0. The van der Waals surface area contributed by atoms with Crippen LogP contribution in [0.2, 0.25) is 0 Å². The number of rotatable bonds is 4. The number of amides is 1. The molecule has 0 spiro atoms. The minimum absolute atomic E-state index is 0.222. The van der Waals surface area contributed by atoms with Crippen molar-refractivity contribution >= 4 is 34.1 Å². The van der Waals surface area contributed by atoms with Crippen LogP contribution < -0.4 is 10.9 Å². The summed E-state index contributed by atoms with van der Waals surface area (Å²) in [7, 11) is 0. The molecule has 6 heteroatoms. The average Bonchev–Trinajstić information content (AvgIpc) is 3.21. The van der Waals surface area contributed by atoms with Gasteiger partial charge in [-0.15, -0.1) is 0 Å². The molecule has 0 bridgehead atoms. The maximum absolute atomic E-state index is 12.1. The second-order valence-corrected chi connectivity index (χ2v) is 6.65. The summed E-state index contributed by atoms with van der Waals surface area (Å²) in [5.74, 6) is 0.131. The summed E-state index contributed by atoms with van der Waals surface area (Å²) in [6, 6.07) is 17.8. The number of hydrogen-bond donors (Lipinski definition) is 2. The van der Waals surface area contributed by atoms with Gasteiger partial charge in [0.2, 0.25) is 5.95 Å². The average molecular weight is 360 g/mol. The third-order valence-corrected chi connectivity index (χ3v) is 4.65. The van der Waals surface area contributed by atoms with E-state index >= 15 is 0 Å². The molecule has 0 saturated carbocycles. The van der Waals surface area contributed by atoms with Gasteiger partial charge in [0.1, 0.15) is 0 Å². The van der Waals surface area contributed by atoms with Crippen molar-refractivity contribution in [3.05, 3.63) is 76.5 Å². The minimum atomic E-state index is -0.222. The number of aryl methyl sites for hydroxylation is 1. The van der Waals surface area contributed by atoms with Gasteiger partial charge in [-0.1, -0.05) is 42.5 Å². The van der Waals surface area contributed by atoms with Crippen LogP contribution in [0.5, 0.6) is 0 Å². The summed E-state index contributed by atoms with van der Waals surface area (Å²) in [6.07, 6.45) is 0. The molecule has 0 saturated heterocycles. The van der Waals surface area contributed by atoms with E-state index in [0.717, 1.165) is 27.7 Å². The number of hydrazine groups is 1. The predicted molar refractivity (Wildman–Crippen MR) is 105 cm³/mol. The molecule has 0 radical (unpaired) electrons. The van der Waals surface area contributed by atoms with Gasteiger partial charge in [-0.25, -0.2) is 9.97 Å². The van der Waals surface area contributed by atoms with Gasteiger partial charge in [0.05, 0.1) is 16.8 Å². The number of benzene rings is 2. The van der Waals surface area contributed by atoms with E-state index in [9.17, 15) is 4.79 Å². The first-order valence-electron chi connectivity index (χ1n) is 8.13. The van der Waals surface area contributed by atoms with E-state index in [1.807, 2.05) is 60.8 Å². The van der Waals surface area contributed by atoms with Crippen LogP contribution in [-0.4, -0.2) is 15.9 Å². The van der Waals surface area contributed by atoms with Crippen LogP contribution >= 0.6 is 11.3 Å². The van der Waals surface area contributed by atoms with Crippen LogP contribution in [0, 0.1) is 6.92 Å². The van der Waals surface area contributed by atoms with E-state index in [-0.39, 0.29) is 5.91 Å². The van der Waals surface area contributed by atoms with E-state index in [1.165, 1.54) is 11.3 Å². The lowest BCUT2D eigenvalue weighted by atomic mass is 10.1. The van der Waals surface area contributed by atoms with E-state index in [4.69, 9.17) is 0 Å². The molecule has 1 amide bonds. The Kier molecular flexibility index (Phi) is 4.33. The Morgan fingerprint density at radius 3 is 2.65 bits per heavy atom. The van der Waals surface area contributed by atoms with Crippen molar-refractivity contribution in [2.24, 2.45) is 0 Å². The van der Waals surface area contributed by atoms with Gasteiger partial charge in [0, 0.05) is 16.3 Å². The Balaban J connectivity index is 1.72. The summed E-state index contributed by atoms with van der Waals surface area (Å²) in [5, 5.41) is 4.62. The zero-order valence-electron chi connectivity index (χ0n) is 14.1. The molecule has 0 fully saturated rings. The van der Waals surface area contributed by atoms with Crippen LogP contribution in [0.25, 0.3) is 22.2 Å². The third kappa shape index (κ3) is 3.27. The largest absolute Gasteiger partial charge is 0.270 e. The highest BCUT2D eigenvalue weighted by Gasteiger charge is 2.11. The van der Waals surface area contributed by atoms with Crippen molar-refractivity contribution in [1.29, 1.82) is 0 Å². The zero-order valence-corrected chi connectivity index (χ0v) is 14.9. The summed E-state index contributed by atoms with van der Waals surface area (Å²) in [4.78, 5) is 21.3. The lowest BCUT2D eigenvalue weighted by molar-refractivity contribution is 0.0962. The first-order chi connectivity index (χ1) is 12.7. The highest BCUT2D eigenvalue weighted by atomic mass is 32.1. The second-order valence-electron chi connectivity index (χ2n) is 5.87. The molecule has 0 aliphatic heterocycles. The highest BCUT2D eigenvalue weighted by molar-refractivity contribution is 7.08. The SMILES string of the molecule is Cc1ccc2c(-c3ccccc3)nc(NNC(=O)c3ccsc3)nc2c1. The van der Waals surface area contributed by atoms with Crippen LogP contribution in [-0.2, 0) is 0 Å². The molecule has 0 unspecified atom stereocenters. The van der Waals surface area contributed by atoms with Gasteiger partial charge >= 0.3 is 0 Å². The molecule has 2 N–H and O–H groups in total. The van der Waals surface area contributed by atoms with Crippen LogP contribution in [0.1, 0.15) is 15.9 Å². The Bertz CT molecular complexity index is 1060. The van der Waals surface area contributed by atoms with E-state index < -0.39 is 0 Å². The molecule has 0 atom stereocenters. The van der Waals surface area contributed by atoms with Crippen molar-refractivity contribution in [2.45, 2.75) is 6.92 Å². The van der Waals surface area contributed by atoms with Crippen molar-refractivity contribution in [3.63, 3.8) is 0 Å². The molecule has 0 aliphatic rings. The third-order valence-electron chi connectivity index (χ3n) is 3.97. The van der Waals surface area contributed by atoms with Crippen molar-refractivity contribution in [2.75, 3.05) is 5.43 Å². The van der Waals surface area contributed by atoms with Crippen LogP contribution in [0.15, 0.2) is 65.4 Å². The Morgan fingerprint density at radius 1 is 1.04 bits per heavy atom. The number of fused-ring (bicyclic) bond motifs is 1. The molecule has 2 heterocycles. The first-order valence-corrected chi connectivity index (χ1v) is 9.07. The topological polar surface area (TPSA) is 66.9 Å². The molecule has 4 rings (SSSR count). The van der Waals surface area contributed by atoms with Gasteiger partial charge in [-0.2, -0.15) is 11.3 Å². The standard InChI is InChI=1S/C20H16N4OS/c1-13-7-8-16-17(11-13)21-20(22-18(16)14-5-3-2-4-6-14)24-23-19(25)15-9-10-26-12-15/h2-12H,1H3,(H,23,25)(H,21,22,24). The maximum Gasteiger partial charge on any atom is 0.270 e. The van der Waals surface area contributed by atoms with Crippen molar-refractivity contribution in [1.82, 2.24) is 15.4 Å². The van der Waals surface area contributed by atoms with Crippen molar-refractivity contribution in [3.8, 4) is 11.3 Å². The number of anilines is 1. The molecule has 26 heavy (non-hydrogen) atoms. The summed E-state index contributed by atoms with van der Waals surface area (Å²) >= 11 is 1.47. The Labute approximate surface area is 154 Å². The number of aromatic nitrogens is 2.